The zero-order chi connectivity index (χ0) is 10.3. The van der Waals surface area contributed by atoms with Crippen molar-refractivity contribution in [3.63, 3.8) is 0 Å². The summed E-state index contributed by atoms with van der Waals surface area (Å²) < 4.78 is 0.831. The largest absolute Gasteiger partial charge is 0.328 e. The maximum absolute atomic E-state index is 11.5. The van der Waals surface area contributed by atoms with Gasteiger partial charge in [-0.25, -0.2) is 0 Å². The first-order chi connectivity index (χ1) is 6.50. The highest BCUT2D eigenvalue weighted by Crippen LogP contribution is 2.32. The first kappa shape index (κ1) is 9.46. The van der Waals surface area contributed by atoms with Gasteiger partial charge in [0.15, 0.2) is 0 Å². The van der Waals surface area contributed by atoms with Gasteiger partial charge in [0.1, 0.15) is 0 Å². The van der Waals surface area contributed by atoms with Crippen LogP contribution in [0.25, 0.3) is 10.1 Å². The molecule has 1 N–H and O–H groups in total. The molecular weight excluding hydrogens is 194 g/mol. The van der Waals surface area contributed by atoms with Crippen molar-refractivity contribution in [3.8, 4) is 0 Å². The minimum absolute atomic E-state index is 0.0167. The van der Waals surface area contributed by atoms with Gasteiger partial charge in [0.2, 0.25) is 0 Å². The summed E-state index contributed by atoms with van der Waals surface area (Å²) in [5.74, 6) is 0. The third-order valence-electron chi connectivity index (χ3n) is 2.31. The van der Waals surface area contributed by atoms with E-state index < -0.39 is 0 Å². The highest BCUT2D eigenvalue weighted by molar-refractivity contribution is 7.17. The molecule has 0 amide bonds. The van der Waals surface area contributed by atoms with Crippen LogP contribution in [0.3, 0.4) is 0 Å². The van der Waals surface area contributed by atoms with Gasteiger partial charge in [-0.2, -0.15) is 0 Å². The van der Waals surface area contributed by atoms with E-state index in [2.05, 4.69) is 31.1 Å². The molecule has 0 fully saturated rings. The van der Waals surface area contributed by atoms with E-state index in [9.17, 15) is 4.79 Å². The van der Waals surface area contributed by atoms with Crippen LogP contribution in [0.1, 0.15) is 26.3 Å². The van der Waals surface area contributed by atoms with Gasteiger partial charge in [-0.3, -0.25) is 4.79 Å². The monoisotopic (exact) mass is 207 g/mol. The quantitative estimate of drug-likeness (QED) is 0.708. The number of hydrogen-bond donors (Lipinski definition) is 1. The van der Waals surface area contributed by atoms with Crippen molar-refractivity contribution in [3.05, 3.63) is 33.6 Å². The Balaban J connectivity index is 2.83. The molecule has 0 unspecified atom stereocenters. The normalized spacial score (nSPS) is 12.2. The number of rotatable bonds is 0. The van der Waals surface area contributed by atoms with Crippen LogP contribution in [0.15, 0.2) is 22.4 Å². The maximum atomic E-state index is 11.5. The molecular formula is C11H13NOS. The van der Waals surface area contributed by atoms with Crippen LogP contribution >= 0.6 is 11.3 Å². The minimum atomic E-state index is 0.0167. The molecule has 2 nitrogen and oxygen atoms in total. The predicted molar refractivity (Wildman–Crippen MR) is 61.1 cm³/mol. The molecule has 14 heavy (non-hydrogen) atoms. The lowest BCUT2D eigenvalue weighted by atomic mass is 9.87. The molecule has 0 saturated heterocycles. The Morgan fingerprint density at radius 1 is 1.36 bits per heavy atom. The van der Waals surface area contributed by atoms with Crippen LogP contribution in [0, 0.1) is 0 Å². The average molecular weight is 207 g/mol. The fraction of sp³-hybridized carbons (Fsp3) is 0.364. The summed E-state index contributed by atoms with van der Waals surface area (Å²) in [5.41, 5.74) is 1.37. The summed E-state index contributed by atoms with van der Waals surface area (Å²) in [5, 5.41) is 3.17. The zero-order valence-corrected chi connectivity index (χ0v) is 9.37. The van der Waals surface area contributed by atoms with Crippen LogP contribution in [-0.4, -0.2) is 4.98 Å². The molecule has 0 saturated carbocycles. The minimum Gasteiger partial charge on any atom is -0.328 e. The van der Waals surface area contributed by atoms with E-state index in [1.165, 1.54) is 16.9 Å². The highest BCUT2D eigenvalue weighted by atomic mass is 32.1. The molecule has 0 radical (unpaired) electrons. The van der Waals surface area contributed by atoms with E-state index in [1.54, 1.807) is 6.20 Å². The van der Waals surface area contributed by atoms with Gasteiger partial charge in [-0.1, -0.05) is 20.8 Å². The third-order valence-corrected chi connectivity index (χ3v) is 3.30. The predicted octanol–water partition coefficient (Wildman–Crippen LogP) is 2.89. The Labute approximate surface area is 86.6 Å². The van der Waals surface area contributed by atoms with E-state index in [-0.39, 0.29) is 11.0 Å². The van der Waals surface area contributed by atoms with Crippen LogP contribution in [0.5, 0.6) is 0 Å². The van der Waals surface area contributed by atoms with Crippen molar-refractivity contribution >= 4 is 21.4 Å². The summed E-state index contributed by atoms with van der Waals surface area (Å²) in [6.07, 6.45) is 1.71. The Morgan fingerprint density at radius 2 is 2.07 bits per heavy atom. The topological polar surface area (TPSA) is 32.9 Å². The van der Waals surface area contributed by atoms with Crippen molar-refractivity contribution in [2.75, 3.05) is 0 Å². The number of H-pyrrole nitrogens is 1. The fourth-order valence-corrected chi connectivity index (χ4v) is 2.74. The van der Waals surface area contributed by atoms with Gasteiger partial charge < -0.3 is 4.98 Å². The van der Waals surface area contributed by atoms with Gasteiger partial charge in [0, 0.05) is 11.6 Å². The molecule has 0 aromatic carbocycles. The first-order valence-corrected chi connectivity index (χ1v) is 5.47. The Morgan fingerprint density at radius 3 is 2.71 bits per heavy atom. The second kappa shape index (κ2) is 2.95. The molecule has 0 bridgehead atoms. The summed E-state index contributed by atoms with van der Waals surface area (Å²) in [7, 11) is 0. The number of hydrogen-bond acceptors (Lipinski definition) is 2. The number of nitrogens with one attached hydrogen (secondary N) is 1. The van der Waals surface area contributed by atoms with E-state index in [1.807, 2.05) is 6.07 Å². The average Bonchev–Trinajstić information content (AvgIpc) is 2.47. The lowest BCUT2D eigenvalue weighted by Crippen LogP contribution is -2.11. The van der Waals surface area contributed by atoms with Crippen molar-refractivity contribution in [1.82, 2.24) is 4.98 Å². The van der Waals surface area contributed by atoms with Gasteiger partial charge in [-0.05, 0) is 22.4 Å². The van der Waals surface area contributed by atoms with E-state index in [0.29, 0.717) is 0 Å². The lowest BCUT2D eigenvalue weighted by Gasteiger charge is -2.17. The molecule has 0 spiro atoms. The van der Waals surface area contributed by atoms with Gasteiger partial charge >= 0.3 is 0 Å². The van der Waals surface area contributed by atoms with Gasteiger partial charge in [0.25, 0.3) is 5.56 Å². The molecule has 2 rings (SSSR count). The summed E-state index contributed by atoms with van der Waals surface area (Å²) in [6.45, 7) is 6.49. The smallest absolute Gasteiger partial charge is 0.265 e. The number of pyridine rings is 1. The number of fused-ring (bicyclic) bond motifs is 1. The first-order valence-electron chi connectivity index (χ1n) is 4.59. The van der Waals surface area contributed by atoms with Crippen LogP contribution in [0.4, 0.5) is 0 Å². The van der Waals surface area contributed by atoms with E-state index in [0.717, 1.165) is 10.1 Å². The van der Waals surface area contributed by atoms with Crippen molar-refractivity contribution in [2.45, 2.75) is 26.2 Å². The standard InChI is InChI=1S/C11H13NOS/c1-11(2,3)8-6-14-9-7(8)4-5-12-10(9)13/h4-6H,1-3H3,(H,12,13). The number of thiophene rings is 1. The number of aromatic amines is 1. The van der Waals surface area contributed by atoms with Crippen LogP contribution in [0.2, 0.25) is 0 Å². The third kappa shape index (κ3) is 1.38. The van der Waals surface area contributed by atoms with Gasteiger partial charge in [-0.15, -0.1) is 11.3 Å². The second-order valence-electron chi connectivity index (χ2n) is 4.45. The van der Waals surface area contributed by atoms with Crippen LogP contribution < -0.4 is 5.56 Å². The van der Waals surface area contributed by atoms with Crippen LogP contribution in [-0.2, 0) is 5.41 Å². The zero-order valence-electron chi connectivity index (χ0n) is 8.55. The van der Waals surface area contributed by atoms with Crippen molar-refractivity contribution in [1.29, 1.82) is 0 Å². The SMILES string of the molecule is CC(C)(C)c1csc2c(=O)[nH]ccc12. The second-order valence-corrected chi connectivity index (χ2v) is 5.33. The summed E-state index contributed by atoms with van der Waals surface area (Å²) >= 11 is 1.52. The Bertz CT molecular complexity index is 516. The molecule has 0 atom stereocenters. The Kier molecular flexibility index (Phi) is 2.00. The molecule has 74 valence electrons. The summed E-state index contributed by atoms with van der Waals surface area (Å²) in [4.78, 5) is 14.2. The maximum Gasteiger partial charge on any atom is 0.265 e. The van der Waals surface area contributed by atoms with Gasteiger partial charge in [0.05, 0.1) is 4.70 Å². The van der Waals surface area contributed by atoms with E-state index in [4.69, 9.17) is 0 Å². The Hall–Kier alpha value is -1.09. The van der Waals surface area contributed by atoms with E-state index >= 15 is 0 Å². The molecule has 3 heteroatoms. The molecule has 2 aromatic heterocycles. The highest BCUT2D eigenvalue weighted by Gasteiger charge is 2.18. The fourth-order valence-electron chi connectivity index (χ4n) is 1.56. The van der Waals surface area contributed by atoms with Crippen molar-refractivity contribution < 1.29 is 0 Å². The molecule has 0 aliphatic heterocycles. The van der Waals surface area contributed by atoms with Crippen molar-refractivity contribution in [2.24, 2.45) is 0 Å². The molecule has 2 aromatic rings. The molecule has 0 aliphatic carbocycles. The lowest BCUT2D eigenvalue weighted by molar-refractivity contribution is 0.598. The molecule has 2 heterocycles. The number of aromatic nitrogens is 1. The summed E-state index contributed by atoms with van der Waals surface area (Å²) in [6, 6.07) is 1.98. The molecule has 0 aliphatic rings.